The number of carbonyl (C=O) groups is 1. The molecule has 2 heterocycles. The van der Waals surface area contributed by atoms with Crippen LogP contribution in [0.15, 0.2) is 6.07 Å². The van der Waals surface area contributed by atoms with Crippen LogP contribution in [0.5, 0.6) is 0 Å². The molecule has 2 aromatic heterocycles. The minimum Gasteiger partial charge on any atom is -0.480 e. The van der Waals surface area contributed by atoms with Gasteiger partial charge in [-0.15, -0.1) is 11.3 Å². The summed E-state index contributed by atoms with van der Waals surface area (Å²) in [5, 5.41) is 9.18. The minimum absolute atomic E-state index is 0.488. The maximum Gasteiger partial charge on any atom is 0.325 e. The second kappa shape index (κ2) is 3.19. The summed E-state index contributed by atoms with van der Waals surface area (Å²) in [6.07, 6.45) is 0. The molecule has 5 N–H and O–H groups in total. The zero-order valence-corrected chi connectivity index (χ0v) is 8.56. The lowest BCUT2D eigenvalue weighted by Gasteiger charge is -2.00. The van der Waals surface area contributed by atoms with Crippen molar-refractivity contribution in [3.05, 3.63) is 10.9 Å². The van der Waals surface area contributed by atoms with Gasteiger partial charge in [0.2, 0.25) is 0 Å². The van der Waals surface area contributed by atoms with Gasteiger partial charge in [0.25, 0.3) is 0 Å². The molecular weight excluding hydrogens is 222 g/mol. The number of anilines is 1. The number of hydrogen-bond donors (Lipinski definition) is 3. The van der Waals surface area contributed by atoms with Crippen LogP contribution in [0.4, 0.5) is 5.13 Å². The Morgan fingerprint density at radius 3 is 2.86 bits per heavy atom. The molecule has 0 aliphatic heterocycles. The highest BCUT2D eigenvalue weighted by molar-refractivity contribution is 7.29. The number of fused-ring (bicyclic) bond motifs is 1. The molecule has 0 saturated carbocycles. The van der Waals surface area contributed by atoms with E-state index in [0.29, 0.717) is 10.0 Å². The third kappa shape index (κ3) is 1.45. The fourth-order valence-electron chi connectivity index (χ4n) is 1.04. The monoisotopic (exact) mass is 229 g/mol. The summed E-state index contributed by atoms with van der Waals surface area (Å²) >= 11 is 2.60. The van der Waals surface area contributed by atoms with E-state index in [0.717, 1.165) is 9.53 Å². The number of aromatic nitrogens is 1. The Bertz CT molecular complexity index is 459. The number of nitrogen functional groups attached to an aromatic ring is 1. The van der Waals surface area contributed by atoms with E-state index >= 15 is 0 Å². The molecule has 0 aromatic carbocycles. The zero-order valence-electron chi connectivity index (χ0n) is 6.93. The maximum absolute atomic E-state index is 10.6. The second-order valence-electron chi connectivity index (χ2n) is 2.69. The molecule has 0 aliphatic carbocycles. The summed E-state index contributed by atoms with van der Waals surface area (Å²) in [6, 6.07) is 0.759. The van der Waals surface area contributed by atoms with Crippen LogP contribution in [0.3, 0.4) is 0 Å². The average Bonchev–Trinajstić information content (AvgIpc) is 2.59. The van der Waals surface area contributed by atoms with E-state index < -0.39 is 12.0 Å². The van der Waals surface area contributed by atoms with Crippen molar-refractivity contribution in [3.8, 4) is 0 Å². The van der Waals surface area contributed by atoms with Crippen molar-refractivity contribution in [1.82, 2.24) is 4.98 Å². The number of nitrogens with zero attached hydrogens (tertiary/aromatic N) is 1. The van der Waals surface area contributed by atoms with Gasteiger partial charge < -0.3 is 16.6 Å². The van der Waals surface area contributed by atoms with E-state index in [1.54, 1.807) is 6.07 Å². The number of aliphatic carboxylic acids is 1. The van der Waals surface area contributed by atoms with Crippen molar-refractivity contribution in [3.63, 3.8) is 0 Å². The quantitative estimate of drug-likeness (QED) is 0.713. The second-order valence-corrected chi connectivity index (χ2v) is 4.81. The number of rotatable bonds is 2. The number of thiophene rings is 1. The van der Waals surface area contributed by atoms with Crippen LogP contribution in [0.25, 0.3) is 9.53 Å². The maximum atomic E-state index is 10.6. The number of carboxylic acid groups (broad SMARTS) is 1. The van der Waals surface area contributed by atoms with Crippen molar-refractivity contribution in [2.45, 2.75) is 6.04 Å². The molecule has 1 atom stereocenters. The average molecular weight is 229 g/mol. The lowest BCUT2D eigenvalue weighted by atomic mass is 10.3. The van der Waals surface area contributed by atoms with Gasteiger partial charge >= 0.3 is 5.97 Å². The molecule has 0 saturated heterocycles. The first-order chi connectivity index (χ1) is 6.58. The summed E-state index contributed by atoms with van der Waals surface area (Å²) < 4.78 is 0.888. The van der Waals surface area contributed by atoms with Gasteiger partial charge in [-0.05, 0) is 6.07 Å². The number of hydrogen-bond acceptors (Lipinski definition) is 6. The van der Waals surface area contributed by atoms with Gasteiger partial charge in [0.05, 0.1) is 4.70 Å². The van der Waals surface area contributed by atoms with Crippen LogP contribution in [-0.4, -0.2) is 16.1 Å². The molecule has 5 nitrogen and oxygen atoms in total. The molecule has 7 heteroatoms. The smallest absolute Gasteiger partial charge is 0.325 e. The summed E-state index contributed by atoms with van der Waals surface area (Å²) in [5.41, 5.74) is 10.9. The van der Waals surface area contributed by atoms with Crippen molar-refractivity contribution >= 4 is 43.3 Å². The minimum atomic E-state index is -1.04. The topological polar surface area (TPSA) is 102 Å². The number of nitrogens with two attached hydrogens (primary N) is 2. The van der Waals surface area contributed by atoms with E-state index in [4.69, 9.17) is 16.6 Å². The van der Waals surface area contributed by atoms with Gasteiger partial charge in [-0.1, -0.05) is 11.3 Å². The van der Waals surface area contributed by atoms with Crippen LogP contribution < -0.4 is 11.5 Å². The van der Waals surface area contributed by atoms with Crippen LogP contribution >= 0.6 is 22.7 Å². The largest absolute Gasteiger partial charge is 0.480 e. The summed E-state index contributed by atoms with van der Waals surface area (Å²) in [4.78, 5) is 16.0. The van der Waals surface area contributed by atoms with Crippen molar-refractivity contribution in [1.29, 1.82) is 0 Å². The van der Waals surface area contributed by atoms with Gasteiger partial charge in [-0.2, -0.15) is 0 Å². The van der Waals surface area contributed by atoms with Crippen molar-refractivity contribution in [2.24, 2.45) is 5.73 Å². The molecule has 0 fully saturated rings. The molecule has 14 heavy (non-hydrogen) atoms. The molecule has 0 radical (unpaired) electrons. The Morgan fingerprint density at radius 1 is 1.57 bits per heavy atom. The van der Waals surface area contributed by atoms with Gasteiger partial charge in [0.1, 0.15) is 10.9 Å². The van der Waals surface area contributed by atoms with Crippen LogP contribution in [0.2, 0.25) is 0 Å². The number of carboxylic acids is 1. The normalized spacial score (nSPS) is 13.2. The molecule has 1 unspecified atom stereocenters. The Kier molecular flexibility index (Phi) is 2.14. The molecule has 2 rings (SSSR count). The molecular formula is C7H7N3O2S2. The van der Waals surface area contributed by atoms with Gasteiger partial charge in [0.15, 0.2) is 5.13 Å². The SMILES string of the molecule is Nc1nc2sc(C(N)C(=O)O)cc2s1. The highest BCUT2D eigenvalue weighted by Gasteiger charge is 2.18. The molecule has 0 amide bonds. The van der Waals surface area contributed by atoms with Gasteiger partial charge in [-0.25, -0.2) is 4.98 Å². The van der Waals surface area contributed by atoms with E-state index in [9.17, 15) is 4.79 Å². The highest BCUT2D eigenvalue weighted by atomic mass is 32.1. The molecule has 0 bridgehead atoms. The zero-order chi connectivity index (χ0) is 10.3. The summed E-state index contributed by atoms with van der Waals surface area (Å²) in [5.74, 6) is -1.04. The van der Waals surface area contributed by atoms with Crippen LogP contribution in [-0.2, 0) is 4.79 Å². The number of thiazole rings is 1. The first-order valence-corrected chi connectivity index (χ1v) is 5.35. The lowest BCUT2D eigenvalue weighted by molar-refractivity contribution is -0.138. The standard InChI is InChI=1S/C7H7N3O2S2/c8-4(6(11)12)2-1-3-5(13-2)10-7(9)14-3/h1,4H,8H2,(H2,9,10)(H,11,12). The fraction of sp³-hybridized carbons (Fsp3) is 0.143. The molecule has 74 valence electrons. The fourth-order valence-corrected chi connectivity index (χ4v) is 3.04. The molecule has 2 aromatic rings. The first-order valence-electron chi connectivity index (χ1n) is 3.72. The van der Waals surface area contributed by atoms with E-state index in [-0.39, 0.29) is 0 Å². The summed E-state index contributed by atoms with van der Waals surface area (Å²) in [6.45, 7) is 0. The Morgan fingerprint density at radius 2 is 2.29 bits per heavy atom. The van der Waals surface area contributed by atoms with E-state index in [1.807, 2.05) is 0 Å². The van der Waals surface area contributed by atoms with E-state index in [2.05, 4.69) is 4.98 Å². The van der Waals surface area contributed by atoms with Crippen molar-refractivity contribution in [2.75, 3.05) is 5.73 Å². The third-order valence-electron chi connectivity index (χ3n) is 1.70. The Balaban J connectivity index is 2.45. The predicted octanol–water partition coefficient (Wildman–Crippen LogP) is 1.02. The predicted molar refractivity (Wildman–Crippen MR) is 56.5 cm³/mol. The molecule has 0 spiro atoms. The third-order valence-corrected chi connectivity index (χ3v) is 3.77. The summed E-state index contributed by atoms with van der Waals surface area (Å²) in [7, 11) is 0. The Labute approximate surface area is 87.0 Å². The lowest BCUT2D eigenvalue weighted by Crippen LogP contribution is -2.19. The van der Waals surface area contributed by atoms with Gasteiger partial charge in [0, 0.05) is 4.88 Å². The molecule has 0 aliphatic rings. The Hall–Kier alpha value is -1.18. The highest BCUT2D eigenvalue weighted by Crippen LogP contribution is 2.33. The van der Waals surface area contributed by atoms with Gasteiger partial charge in [-0.3, -0.25) is 4.79 Å². The van der Waals surface area contributed by atoms with E-state index in [1.165, 1.54) is 22.7 Å². The van der Waals surface area contributed by atoms with Crippen LogP contribution in [0, 0.1) is 0 Å². The van der Waals surface area contributed by atoms with Crippen LogP contribution in [0.1, 0.15) is 10.9 Å². The van der Waals surface area contributed by atoms with Crippen molar-refractivity contribution < 1.29 is 9.90 Å². The first kappa shape index (κ1) is 9.38.